The first kappa shape index (κ1) is 19.6. The Hall–Kier alpha value is -2.67. The van der Waals surface area contributed by atoms with Gasteiger partial charge < -0.3 is 10.0 Å². The molecule has 1 atom stereocenters. The Kier molecular flexibility index (Phi) is 5.41. The molecule has 1 aliphatic heterocycles. The molecule has 1 aliphatic rings. The molecular weight excluding hydrogens is 431 g/mol. The monoisotopic (exact) mass is 444 g/mol. The minimum Gasteiger partial charge on any atom is -0.507 e. The van der Waals surface area contributed by atoms with Crippen LogP contribution in [0.15, 0.2) is 65.7 Å². The van der Waals surface area contributed by atoms with Crippen molar-refractivity contribution in [2.75, 3.05) is 0 Å². The molecule has 29 heavy (non-hydrogen) atoms. The van der Waals surface area contributed by atoms with E-state index in [9.17, 15) is 14.7 Å². The van der Waals surface area contributed by atoms with E-state index in [2.05, 4.69) is 4.98 Å². The lowest BCUT2D eigenvalue weighted by molar-refractivity contribution is -0.140. The molecule has 3 aromatic rings. The number of carbonyl (C=O) groups excluding carboxylic acids is 2. The number of hydrogen-bond acceptors (Lipinski definition) is 5. The molecule has 1 saturated heterocycles. The Labute approximate surface area is 180 Å². The number of benzene rings is 1. The van der Waals surface area contributed by atoms with Crippen molar-refractivity contribution in [3.05, 3.63) is 91.9 Å². The number of halogens is 2. The summed E-state index contributed by atoms with van der Waals surface area (Å²) in [4.78, 5) is 32.4. The molecule has 4 rings (SSSR count). The quantitative estimate of drug-likeness (QED) is 0.346. The van der Waals surface area contributed by atoms with Crippen LogP contribution >= 0.6 is 34.5 Å². The maximum atomic E-state index is 12.9. The average Bonchev–Trinajstić information content (AvgIpc) is 3.32. The van der Waals surface area contributed by atoms with Crippen molar-refractivity contribution in [3.63, 3.8) is 0 Å². The number of amides is 1. The highest BCUT2D eigenvalue weighted by molar-refractivity contribution is 7.09. The number of carbonyl (C=O) groups is 2. The van der Waals surface area contributed by atoms with Crippen LogP contribution in [0.25, 0.3) is 5.76 Å². The van der Waals surface area contributed by atoms with Gasteiger partial charge in [0.1, 0.15) is 11.8 Å². The van der Waals surface area contributed by atoms with Gasteiger partial charge in [0, 0.05) is 16.6 Å². The van der Waals surface area contributed by atoms with Gasteiger partial charge >= 0.3 is 0 Å². The van der Waals surface area contributed by atoms with Crippen LogP contribution in [-0.4, -0.2) is 26.7 Å². The zero-order valence-corrected chi connectivity index (χ0v) is 17.2. The number of Topliss-reactive ketones (excluding diaryl/α,β-unsaturated/α-hetero) is 1. The van der Waals surface area contributed by atoms with E-state index in [0.717, 1.165) is 4.88 Å². The third-order valence-electron chi connectivity index (χ3n) is 4.61. The summed E-state index contributed by atoms with van der Waals surface area (Å²) >= 11 is 13.5. The molecule has 1 amide bonds. The highest BCUT2D eigenvalue weighted by Crippen LogP contribution is 2.40. The fourth-order valence-electron chi connectivity index (χ4n) is 3.26. The third-order valence-corrected chi connectivity index (χ3v) is 6.21. The second kappa shape index (κ2) is 7.99. The van der Waals surface area contributed by atoms with E-state index in [1.165, 1.54) is 28.4 Å². The van der Waals surface area contributed by atoms with Gasteiger partial charge in [0.2, 0.25) is 0 Å². The molecule has 1 fully saturated rings. The van der Waals surface area contributed by atoms with Gasteiger partial charge in [0.25, 0.3) is 11.7 Å². The SMILES string of the molecule is O=C1C(=O)N(Cc2cccs2)C(c2ccccn2)/C1=C(/O)c1ccc(Cl)c(Cl)c1. The normalized spacial score (nSPS) is 18.4. The van der Waals surface area contributed by atoms with Crippen molar-refractivity contribution in [3.8, 4) is 0 Å². The summed E-state index contributed by atoms with van der Waals surface area (Å²) in [6, 6.07) is 12.7. The maximum Gasteiger partial charge on any atom is 0.296 e. The van der Waals surface area contributed by atoms with E-state index >= 15 is 0 Å². The van der Waals surface area contributed by atoms with Gasteiger partial charge in [0.15, 0.2) is 0 Å². The maximum absolute atomic E-state index is 12.9. The standard InChI is InChI=1S/C21H14Cl2N2O3S/c22-14-7-6-12(10-15(14)23)19(26)17-18(16-5-1-2-8-24-16)25(21(28)20(17)27)11-13-4-3-9-29-13/h1-10,18,26H,11H2/b19-17-. The average molecular weight is 445 g/mol. The largest absolute Gasteiger partial charge is 0.507 e. The van der Waals surface area contributed by atoms with Gasteiger partial charge in [-0.15, -0.1) is 11.3 Å². The second-order valence-corrected chi connectivity index (χ2v) is 8.24. The molecule has 0 saturated carbocycles. The van der Waals surface area contributed by atoms with Crippen LogP contribution in [0.3, 0.4) is 0 Å². The lowest BCUT2D eigenvalue weighted by atomic mass is 9.98. The highest BCUT2D eigenvalue weighted by Gasteiger charge is 2.46. The Balaban J connectivity index is 1.87. The molecule has 3 heterocycles. The van der Waals surface area contributed by atoms with Crippen molar-refractivity contribution in [1.82, 2.24) is 9.88 Å². The number of likely N-dealkylation sites (tertiary alicyclic amines) is 1. The zero-order valence-electron chi connectivity index (χ0n) is 14.9. The molecule has 2 aromatic heterocycles. The van der Waals surface area contributed by atoms with Gasteiger partial charge in [-0.3, -0.25) is 14.6 Å². The highest BCUT2D eigenvalue weighted by atomic mass is 35.5. The number of aromatic nitrogens is 1. The minimum absolute atomic E-state index is 0.0244. The lowest BCUT2D eigenvalue weighted by Gasteiger charge is -2.24. The van der Waals surface area contributed by atoms with Crippen molar-refractivity contribution in [2.24, 2.45) is 0 Å². The number of pyridine rings is 1. The molecule has 146 valence electrons. The summed E-state index contributed by atoms with van der Waals surface area (Å²) in [5.41, 5.74) is 0.767. The van der Waals surface area contributed by atoms with E-state index in [4.69, 9.17) is 23.2 Å². The van der Waals surface area contributed by atoms with Crippen molar-refractivity contribution >= 4 is 52.0 Å². The Morgan fingerprint density at radius 1 is 1.10 bits per heavy atom. The van der Waals surface area contributed by atoms with Crippen LogP contribution in [-0.2, 0) is 16.1 Å². The summed E-state index contributed by atoms with van der Waals surface area (Å²) in [7, 11) is 0. The molecule has 0 spiro atoms. The molecule has 0 radical (unpaired) electrons. The van der Waals surface area contributed by atoms with Crippen molar-refractivity contribution in [1.29, 1.82) is 0 Å². The van der Waals surface area contributed by atoms with E-state index < -0.39 is 17.7 Å². The number of rotatable bonds is 4. The van der Waals surface area contributed by atoms with Crippen LogP contribution in [0.4, 0.5) is 0 Å². The summed E-state index contributed by atoms with van der Waals surface area (Å²) < 4.78 is 0. The molecule has 0 bridgehead atoms. The first-order valence-corrected chi connectivity index (χ1v) is 10.3. The lowest BCUT2D eigenvalue weighted by Crippen LogP contribution is -2.29. The van der Waals surface area contributed by atoms with Crippen LogP contribution in [0.5, 0.6) is 0 Å². The number of aliphatic hydroxyl groups is 1. The molecule has 0 aliphatic carbocycles. The predicted molar refractivity (Wildman–Crippen MR) is 113 cm³/mol. The predicted octanol–water partition coefficient (Wildman–Crippen LogP) is 5.07. The first-order chi connectivity index (χ1) is 14.0. The van der Waals surface area contributed by atoms with Crippen molar-refractivity contribution < 1.29 is 14.7 Å². The Morgan fingerprint density at radius 2 is 1.93 bits per heavy atom. The van der Waals surface area contributed by atoms with E-state index in [0.29, 0.717) is 16.3 Å². The van der Waals surface area contributed by atoms with E-state index in [1.54, 1.807) is 30.5 Å². The Bertz CT molecular complexity index is 1110. The first-order valence-electron chi connectivity index (χ1n) is 8.64. The molecule has 1 N–H and O–H groups in total. The molecule has 5 nitrogen and oxygen atoms in total. The summed E-state index contributed by atoms with van der Waals surface area (Å²) in [5.74, 6) is -1.76. The Morgan fingerprint density at radius 3 is 2.59 bits per heavy atom. The number of ketones is 1. The third kappa shape index (κ3) is 3.67. The van der Waals surface area contributed by atoms with E-state index in [1.807, 2.05) is 17.5 Å². The van der Waals surface area contributed by atoms with Gasteiger partial charge in [-0.25, -0.2) is 0 Å². The minimum atomic E-state index is -0.812. The van der Waals surface area contributed by atoms with E-state index in [-0.39, 0.29) is 22.9 Å². The fourth-order valence-corrected chi connectivity index (χ4v) is 4.26. The van der Waals surface area contributed by atoms with Gasteiger partial charge in [-0.05, 0) is 41.8 Å². The molecule has 1 aromatic carbocycles. The molecular formula is C21H14Cl2N2O3S. The van der Waals surface area contributed by atoms with Crippen molar-refractivity contribution in [2.45, 2.75) is 12.6 Å². The summed E-state index contributed by atoms with van der Waals surface area (Å²) in [6.07, 6.45) is 1.58. The van der Waals surface area contributed by atoms with Crippen LogP contribution in [0.1, 0.15) is 22.2 Å². The second-order valence-electron chi connectivity index (χ2n) is 6.39. The molecule has 1 unspecified atom stereocenters. The van der Waals surface area contributed by atoms with Gasteiger partial charge in [-0.2, -0.15) is 0 Å². The van der Waals surface area contributed by atoms with Gasteiger partial charge in [0.05, 0.1) is 27.9 Å². The number of nitrogens with zero attached hydrogens (tertiary/aromatic N) is 2. The topological polar surface area (TPSA) is 70.5 Å². The summed E-state index contributed by atoms with van der Waals surface area (Å²) in [5, 5.41) is 13.4. The van der Waals surface area contributed by atoms with Gasteiger partial charge in [-0.1, -0.05) is 35.3 Å². The molecule has 8 heteroatoms. The number of thiophene rings is 1. The van der Waals surface area contributed by atoms with Crippen LogP contribution in [0.2, 0.25) is 10.0 Å². The van der Waals surface area contributed by atoms with Crippen LogP contribution < -0.4 is 0 Å². The zero-order chi connectivity index (χ0) is 20.5. The number of hydrogen-bond donors (Lipinski definition) is 1. The fraction of sp³-hybridized carbons (Fsp3) is 0.0952. The van der Waals surface area contributed by atoms with Crippen LogP contribution in [0, 0.1) is 0 Å². The number of aliphatic hydroxyl groups excluding tert-OH is 1. The smallest absolute Gasteiger partial charge is 0.296 e. The summed E-state index contributed by atoms with van der Waals surface area (Å²) in [6.45, 7) is 0.238.